The molecule has 7 nitrogen and oxygen atoms in total. The van der Waals surface area contributed by atoms with Gasteiger partial charge in [-0.3, -0.25) is 20.4 Å². The molecule has 3 aromatic rings. The molecule has 4 rings (SSSR count). The van der Waals surface area contributed by atoms with Crippen LogP contribution in [0.2, 0.25) is 0 Å². The van der Waals surface area contributed by atoms with Crippen molar-refractivity contribution in [3.63, 3.8) is 0 Å². The number of hydrazine groups is 1. The van der Waals surface area contributed by atoms with Crippen LogP contribution in [0.15, 0.2) is 41.6 Å². The van der Waals surface area contributed by atoms with Gasteiger partial charge >= 0.3 is 0 Å². The Morgan fingerprint density at radius 3 is 2.67 bits per heavy atom. The van der Waals surface area contributed by atoms with Crippen molar-refractivity contribution in [2.24, 2.45) is 18.4 Å². The number of nitrogens with zero attached hydrogens (tertiary/aromatic N) is 3. The smallest absolute Gasteiger partial charge is 0.269 e. The first-order valence-electron chi connectivity index (χ1n) is 11.0. The van der Waals surface area contributed by atoms with Crippen molar-refractivity contribution in [3.05, 3.63) is 52.4 Å². The van der Waals surface area contributed by atoms with Crippen LogP contribution in [0.3, 0.4) is 0 Å². The number of fused-ring (bicyclic) bond motifs is 1. The molecule has 33 heavy (non-hydrogen) atoms. The summed E-state index contributed by atoms with van der Waals surface area (Å²) in [6.07, 6.45) is 3.46. The number of amides is 2. The Morgan fingerprint density at radius 2 is 1.94 bits per heavy atom. The van der Waals surface area contributed by atoms with Gasteiger partial charge in [-0.25, -0.2) is 0 Å². The van der Waals surface area contributed by atoms with Gasteiger partial charge in [0, 0.05) is 17.5 Å². The van der Waals surface area contributed by atoms with E-state index in [0.29, 0.717) is 22.1 Å². The van der Waals surface area contributed by atoms with Crippen LogP contribution in [0.5, 0.6) is 0 Å². The van der Waals surface area contributed by atoms with Gasteiger partial charge in [0.2, 0.25) is 5.91 Å². The summed E-state index contributed by atoms with van der Waals surface area (Å²) in [6, 6.07) is 11.0. The lowest BCUT2D eigenvalue weighted by molar-refractivity contribution is -0.119. The van der Waals surface area contributed by atoms with Crippen molar-refractivity contribution < 1.29 is 9.59 Å². The molecular formula is C24H29N5O2S2. The van der Waals surface area contributed by atoms with Gasteiger partial charge in [-0.15, -0.1) is 21.5 Å². The normalized spacial score (nSPS) is 15.7. The Morgan fingerprint density at radius 1 is 1.18 bits per heavy atom. The molecule has 2 N–H and O–H groups in total. The number of carbonyl (C=O) groups is 2. The van der Waals surface area contributed by atoms with E-state index in [9.17, 15) is 9.59 Å². The zero-order valence-corrected chi connectivity index (χ0v) is 21.0. The van der Waals surface area contributed by atoms with E-state index < -0.39 is 0 Å². The third kappa shape index (κ3) is 5.47. The maximum atomic E-state index is 12.2. The summed E-state index contributed by atoms with van der Waals surface area (Å²) in [4.78, 5) is 26.8. The highest BCUT2D eigenvalue weighted by atomic mass is 32.2. The molecule has 2 aromatic heterocycles. The maximum absolute atomic E-state index is 12.2. The van der Waals surface area contributed by atoms with Crippen molar-refractivity contribution in [1.82, 2.24) is 25.6 Å². The van der Waals surface area contributed by atoms with E-state index in [1.54, 1.807) is 35.6 Å². The molecule has 0 radical (unpaired) electrons. The number of benzene rings is 1. The summed E-state index contributed by atoms with van der Waals surface area (Å²) >= 11 is 3.09. The highest BCUT2D eigenvalue weighted by Crippen LogP contribution is 2.42. The predicted octanol–water partition coefficient (Wildman–Crippen LogP) is 4.25. The second-order valence-corrected chi connectivity index (χ2v) is 11.5. The lowest BCUT2D eigenvalue weighted by Crippen LogP contribution is -2.42. The number of thioether (sulfide) groups is 1. The standard InChI is InChI=1S/C24H29N5O2S2/c1-24(2,3)17-10-11-18-16(12-17)13-19(33-18)21-26-28-23(29(21)4)32-14-20(30)25-27-22(31)15-8-6-5-7-9-15/h5-9,13,17H,10-12,14H2,1-4H3,(H,25,30)(H,27,31). The van der Waals surface area contributed by atoms with E-state index in [1.807, 2.05) is 17.7 Å². The number of thiophene rings is 1. The predicted molar refractivity (Wildman–Crippen MR) is 132 cm³/mol. The van der Waals surface area contributed by atoms with Crippen molar-refractivity contribution >= 4 is 34.9 Å². The fraction of sp³-hybridized carbons (Fsp3) is 0.417. The van der Waals surface area contributed by atoms with Gasteiger partial charge in [0.25, 0.3) is 5.91 Å². The Kier molecular flexibility index (Phi) is 6.90. The Balaban J connectivity index is 1.34. The van der Waals surface area contributed by atoms with E-state index in [-0.39, 0.29) is 17.6 Å². The van der Waals surface area contributed by atoms with Gasteiger partial charge in [-0.05, 0) is 54.4 Å². The lowest BCUT2D eigenvalue weighted by Gasteiger charge is -2.33. The first kappa shape index (κ1) is 23.5. The fourth-order valence-electron chi connectivity index (χ4n) is 3.98. The highest BCUT2D eigenvalue weighted by molar-refractivity contribution is 7.99. The SMILES string of the molecule is Cn1c(SCC(=O)NNC(=O)c2ccccc2)nnc1-c1cc2c(s1)CCC(C(C)(C)C)C2. The van der Waals surface area contributed by atoms with Crippen LogP contribution in [0.25, 0.3) is 10.7 Å². The molecule has 174 valence electrons. The van der Waals surface area contributed by atoms with Crippen LogP contribution in [0.1, 0.15) is 48.0 Å². The minimum atomic E-state index is -0.356. The van der Waals surface area contributed by atoms with E-state index in [4.69, 9.17) is 0 Å². The van der Waals surface area contributed by atoms with E-state index >= 15 is 0 Å². The van der Waals surface area contributed by atoms with Crippen molar-refractivity contribution in [3.8, 4) is 10.7 Å². The molecule has 0 fully saturated rings. The van der Waals surface area contributed by atoms with E-state index in [1.165, 1.54) is 28.6 Å². The first-order valence-corrected chi connectivity index (χ1v) is 12.8. The molecule has 1 unspecified atom stereocenters. The topological polar surface area (TPSA) is 88.9 Å². The van der Waals surface area contributed by atoms with Gasteiger partial charge in [-0.2, -0.15) is 0 Å². The zero-order valence-electron chi connectivity index (χ0n) is 19.3. The van der Waals surface area contributed by atoms with Crippen molar-refractivity contribution in [2.75, 3.05) is 5.75 Å². The van der Waals surface area contributed by atoms with Gasteiger partial charge < -0.3 is 4.57 Å². The Hall–Kier alpha value is -2.65. The zero-order chi connectivity index (χ0) is 23.6. The van der Waals surface area contributed by atoms with Crippen LogP contribution < -0.4 is 10.9 Å². The van der Waals surface area contributed by atoms with Gasteiger partial charge in [-0.1, -0.05) is 50.7 Å². The second-order valence-electron chi connectivity index (χ2n) is 9.39. The number of rotatable bonds is 5. The van der Waals surface area contributed by atoms with Gasteiger partial charge in [0.15, 0.2) is 11.0 Å². The van der Waals surface area contributed by atoms with Crippen LogP contribution in [0, 0.1) is 11.3 Å². The van der Waals surface area contributed by atoms with Crippen LogP contribution in [-0.2, 0) is 24.7 Å². The third-order valence-corrected chi connectivity index (χ3v) is 8.30. The van der Waals surface area contributed by atoms with Crippen molar-refractivity contribution in [2.45, 2.75) is 45.2 Å². The molecule has 1 aliphatic rings. The van der Waals surface area contributed by atoms with Crippen LogP contribution in [0.4, 0.5) is 0 Å². The lowest BCUT2D eigenvalue weighted by atomic mass is 9.72. The van der Waals surface area contributed by atoms with E-state index in [0.717, 1.165) is 23.5 Å². The molecule has 9 heteroatoms. The molecule has 0 spiro atoms. The molecule has 0 saturated carbocycles. The number of hydrogen-bond acceptors (Lipinski definition) is 6. The maximum Gasteiger partial charge on any atom is 0.269 e. The molecule has 2 heterocycles. The molecule has 1 aliphatic carbocycles. The number of carbonyl (C=O) groups excluding carboxylic acids is 2. The van der Waals surface area contributed by atoms with Crippen molar-refractivity contribution in [1.29, 1.82) is 0 Å². The molecule has 0 bridgehead atoms. The summed E-state index contributed by atoms with van der Waals surface area (Å²) < 4.78 is 1.93. The summed E-state index contributed by atoms with van der Waals surface area (Å²) in [7, 11) is 1.92. The summed E-state index contributed by atoms with van der Waals surface area (Å²) in [5.41, 5.74) is 7.11. The average molecular weight is 484 g/mol. The Bertz CT molecular complexity index is 1150. The molecule has 1 atom stereocenters. The minimum Gasteiger partial charge on any atom is -0.304 e. The molecule has 2 amide bonds. The molecular weight excluding hydrogens is 454 g/mol. The summed E-state index contributed by atoms with van der Waals surface area (Å²) in [6.45, 7) is 6.97. The van der Waals surface area contributed by atoms with Gasteiger partial charge in [0.1, 0.15) is 0 Å². The number of aromatic nitrogens is 3. The first-order chi connectivity index (χ1) is 15.7. The highest BCUT2D eigenvalue weighted by Gasteiger charge is 2.30. The minimum absolute atomic E-state index is 0.120. The Labute approximate surface area is 202 Å². The average Bonchev–Trinajstić information content (AvgIpc) is 3.38. The molecule has 0 aliphatic heterocycles. The van der Waals surface area contributed by atoms with Crippen LogP contribution >= 0.6 is 23.1 Å². The molecule has 1 aromatic carbocycles. The largest absolute Gasteiger partial charge is 0.304 e. The third-order valence-electron chi connectivity index (χ3n) is 6.05. The van der Waals surface area contributed by atoms with Gasteiger partial charge in [0.05, 0.1) is 10.6 Å². The number of hydrogen-bond donors (Lipinski definition) is 2. The summed E-state index contributed by atoms with van der Waals surface area (Å²) in [5, 5.41) is 9.33. The summed E-state index contributed by atoms with van der Waals surface area (Å²) in [5.74, 6) is 0.967. The number of nitrogens with one attached hydrogen (secondary N) is 2. The van der Waals surface area contributed by atoms with Crippen LogP contribution in [-0.4, -0.2) is 32.3 Å². The fourth-order valence-corrected chi connectivity index (χ4v) is 5.92. The van der Waals surface area contributed by atoms with E-state index in [2.05, 4.69) is 47.9 Å². The number of aryl methyl sites for hydroxylation is 1. The molecule has 0 saturated heterocycles. The quantitative estimate of drug-likeness (QED) is 0.418. The monoisotopic (exact) mass is 483 g/mol. The second kappa shape index (κ2) is 9.69.